The van der Waals surface area contributed by atoms with Crippen LogP contribution in [0.1, 0.15) is 37.0 Å². The van der Waals surface area contributed by atoms with Crippen LogP contribution >= 0.6 is 22.7 Å². The molecular weight excluding hydrogens is 294 g/mol. The van der Waals surface area contributed by atoms with E-state index in [0.717, 1.165) is 12.5 Å². The molecule has 0 aromatic carbocycles. The molecule has 21 heavy (non-hydrogen) atoms. The Morgan fingerprint density at radius 3 is 2.86 bits per heavy atom. The van der Waals surface area contributed by atoms with Gasteiger partial charge >= 0.3 is 0 Å². The van der Waals surface area contributed by atoms with Crippen LogP contribution in [0.25, 0.3) is 16.5 Å². The van der Waals surface area contributed by atoms with Crippen molar-refractivity contribution >= 4 is 28.7 Å². The van der Waals surface area contributed by atoms with Crippen LogP contribution in [0, 0.1) is 5.92 Å². The van der Waals surface area contributed by atoms with E-state index in [2.05, 4.69) is 47.4 Å². The third-order valence-electron chi connectivity index (χ3n) is 4.26. The first-order valence-corrected chi connectivity index (χ1v) is 9.60. The van der Waals surface area contributed by atoms with Gasteiger partial charge in [0.15, 0.2) is 0 Å². The highest BCUT2D eigenvalue weighted by molar-refractivity contribution is 7.15. The Labute approximate surface area is 135 Å². The van der Waals surface area contributed by atoms with E-state index in [-0.39, 0.29) is 0 Å². The Morgan fingerprint density at radius 1 is 1.29 bits per heavy atom. The number of rotatable bonds is 5. The van der Waals surface area contributed by atoms with E-state index in [1.165, 1.54) is 47.4 Å². The molecule has 0 aliphatic heterocycles. The highest BCUT2D eigenvalue weighted by Gasteiger charge is 2.17. The van der Waals surface area contributed by atoms with Crippen molar-refractivity contribution in [3.63, 3.8) is 0 Å². The van der Waals surface area contributed by atoms with Gasteiger partial charge in [-0.25, -0.2) is 0 Å². The first-order valence-electron chi connectivity index (χ1n) is 7.84. The highest BCUT2D eigenvalue weighted by Crippen LogP contribution is 2.34. The van der Waals surface area contributed by atoms with Crippen LogP contribution in [-0.4, -0.2) is 13.6 Å². The van der Waals surface area contributed by atoms with Crippen LogP contribution in [0.4, 0.5) is 0 Å². The minimum absolute atomic E-state index is 0.790. The molecule has 2 aromatic heterocycles. The van der Waals surface area contributed by atoms with E-state index in [9.17, 15) is 0 Å². The minimum atomic E-state index is 0.790. The molecular formula is C18H23NS2. The molecule has 0 unspecified atom stereocenters. The number of nitrogens with one attached hydrogen (secondary N) is 1. The zero-order chi connectivity index (χ0) is 14.5. The summed E-state index contributed by atoms with van der Waals surface area (Å²) in [5.41, 5.74) is 2.96. The van der Waals surface area contributed by atoms with Crippen molar-refractivity contribution in [2.24, 2.45) is 5.92 Å². The Kier molecular flexibility index (Phi) is 5.28. The normalized spacial score (nSPS) is 17.3. The summed E-state index contributed by atoms with van der Waals surface area (Å²) in [7, 11) is 2.06. The molecule has 1 N–H and O–H groups in total. The Hall–Kier alpha value is -0.900. The van der Waals surface area contributed by atoms with Crippen molar-refractivity contribution in [2.75, 3.05) is 13.6 Å². The minimum Gasteiger partial charge on any atom is -0.316 e. The fraction of sp³-hybridized carbons (Fsp3) is 0.444. The summed E-state index contributed by atoms with van der Waals surface area (Å²) in [5.74, 6) is 0.790. The van der Waals surface area contributed by atoms with Gasteiger partial charge in [-0.05, 0) is 54.8 Å². The molecule has 0 saturated heterocycles. The van der Waals surface area contributed by atoms with Gasteiger partial charge in [0.1, 0.15) is 0 Å². The lowest BCUT2D eigenvalue weighted by molar-refractivity contribution is 0.398. The molecule has 0 radical (unpaired) electrons. The van der Waals surface area contributed by atoms with Gasteiger partial charge in [0.05, 0.1) is 0 Å². The van der Waals surface area contributed by atoms with E-state index in [1.807, 2.05) is 22.7 Å². The van der Waals surface area contributed by atoms with Gasteiger partial charge in [-0.3, -0.25) is 0 Å². The van der Waals surface area contributed by atoms with Gasteiger partial charge in [-0.15, -0.1) is 22.7 Å². The zero-order valence-electron chi connectivity index (χ0n) is 12.6. The smallest absolute Gasteiger partial charge is 0.0351 e. The molecule has 0 spiro atoms. The Bertz CT molecular complexity index is 574. The second kappa shape index (κ2) is 7.39. The van der Waals surface area contributed by atoms with Crippen molar-refractivity contribution in [3.05, 3.63) is 39.4 Å². The molecule has 0 atom stereocenters. The fourth-order valence-corrected chi connectivity index (χ4v) is 4.84. The average molecular weight is 318 g/mol. The number of hydrogen-bond acceptors (Lipinski definition) is 3. The molecule has 0 bridgehead atoms. The maximum absolute atomic E-state index is 3.36. The lowest BCUT2D eigenvalue weighted by atomic mass is 9.83. The summed E-state index contributed by atoms with van der Waals surface area (Å²) in [5, 5.41) is 7.80. The second-order valence-electron chi connectivity index (χ2n) is 5.80. The van der Waals surface area contributed by atoms with Crippen LogP contribution in [0.15, 0.2) is 34.5 Å². The van der Waals surface area contributed by atoms with E-state index in [4.69, 9.17) is 0 Å². The van der Waals surface area contributed by atoms with Crippen LogP contribution < -0.4 is 5.32 Å². The molecule has 112 valence electrons. The largest absolute Gasteiger partial charge is 0.316 e. The molecule has 2 heterocycles. The summed E-state index contributed by atoms with van der Waals surface area (Å²) in [4.78, 5) is 2.77. The Morgan fingerprint density at radius 2 is 2.14 bits per heavy atom. The zero-order valence-corrected chi connectivity index (χ0v) is 14.2. The van der Waals surface area contributed by atoms with Gasteiger partial charge < -0.3 is 5.32 Å². The van der Waals surface area contributed by atoms with Crippen molar-refractivity contribution < 1.29 is 0 Å². The van der Waals surface area contributed by atoms with Crippen LogP contribution in [0.5, 0.6) is 0 Å². The molecule has 1 aliphatic rings. The van der Waals surface area contributed by atoms with Gasteiger partial charge in [0.25, 0.3) is 0 Å². The lowest BCUT2D eigenvalue weighted by Crippen LogP contribution is -2.18. The Balaban J connectivity index is 1.79. The van der Waals surface area contributed by atoms with Crippen LogP contribution in [0.2, 0.25) is 0 Å². The summed E-state index contributed by atoms with van der Waals surface area (Å²) in [6.07, 6.45) is 9.40. The number of thiophene rings is 2. The van der Waals surface area contributed by atoms with Crippen LogP contribution in [-0.2, 0) is 0 Å². The topological polar surface area (TPSA) is 12.0 Å². The highest BCUT2D eigenvalue weighted by atomic mass is 32.1. The van der Waals surface area contributed by atoms with Gasteiger partial charge in [-0.1, -0.05) is 30.9 Å². The maximum Gasteiger partial charge on any atom is 0.0351 e. The SMILES string of the molecule is CNC/C(=C/c1cc(-c2cccs2)cs1)C1CCCCC1. The third kappa shape index (κ3) is 3.85. The second-order valence-corrected chi connectivity index (χ2v) is 7.69. The average Bonchev–Trinajstić information content (AvgIpc) is 3.19. The standard InChI is InChI=1S/C18H23NS2/c1-19-12-15(14-6-3-2-4-7-14)10-17-11-16(13-21-17)18-8-5-9-20-18/h5,8-11,13-14,19H,2-4,6-7,12H2,1H3/b15-10-. The van der Waals surface area contributed by atoms with Crippen molar-refractivity contribution in [1.29, 1.82) is 0 Å². The van der Waals surface area contributed by atoms with E-state index >= 15 is 0 Å². The van der Waals surface area contributed by atoms with Gasteiger partial charge in [-0.2, -0.15) is 0 Å². The van der Waals surface area contributed by atoms with Crippen molar-refractivity contribution in [2.45, 2.75) is 32.1 Å². The fourth-order valence-electron chi connectivity index (χ4n) is 3.17. The maximum atomic E-state index is 3.36. The van der Waals surface area contributed by atoms with Crippen molar-refractivity contribution in [3.8, 4) is 10.4 Å². The van der Waals surface area contributed by atoms with E-state index in [0.29, 0.717) is 0 Å². The van der Waals surface area contributed by atoms with E-state index in [1.54, 1.807) is 5.57 Å². The van der Waals surface area contributed by atoms with Crippen LogP contribution in [0.3, 0.4) is 0 Å². The predicted molar refractivity (Wildman–Crippen MR) is 96.1 cm³/mol. The van der Waals surface area contributed by atoms with Gasteiger partial charge in [0.2, 0.25) is 0 Å². The summed E-state index contributed by atoms with van der Waals surface area (Å²) < 4.78 is 0. The molecule has 1 saturated carbocycles. The molecule has 1 fully saturated rings. The molecule has 3 rings (SSSR count). The number of hydrogen-bond donors (Lipinski definition) is 1. The number of likely N-dealkylation sites (N-methyl/N-ethyl adjacent to an activating group) is 1. The summed E-state index contributed by atoms with van der Waals surface area (Å²) in [6, 6.07) is 6.67. The molecule has 2 aromatic rings. The predicted octanol–water partition coefficient (Wildman–Crippen LogP) is 5.66. The molecule has 1 aliphatic carbocycles. The first-order chi connectivity index (χ1) is 10.4. The van der Waals surface area contributed by atoms with Gasteiger partial charge in [0, 0.05) is 21.9 Å². The monoisotopic (exact) mass is 317 g/mol. The lowest BCUT2D eigenvalue weighted by Gasteiger charge is -2.24. The quantitative estimate of drug-likeness (QED) is 0.750. The molecule has 0 amide bonds. The molecule has 1 nitrogen and oxygen atoms in total. The third-order valence-corrected chi connectivity index (χ3v) is 6.06. The first kappa shape index (κ1) is 15.0. The summed E-state index contributed by atoms with van der Waals surface area (Å²) >= 11 is 3.69. The van der Waals surface area contributed by atoms with E-state index < -0.39 is 0 Å². The molecule has 3 heteroatoms. The van der Waals surface area contributed by atoms with Crippen molar-refractivity contribution in [1.82, 2.24) is 5.32 Å². The summed E-state index contributed by atoms with van der Waals surface area (Å²) in [6.45, 7) is 1.02.